The van der Waals surface area contributed by atoms with E-state index >= 15 is 0 Å². The molecule has 0 heterocycles. The van der Waals surface area contributed by atoms with E-state index in [0.717, 1.165) is 11.1 Å². The van der Waals surface area contributed by atoms with Crippen molar-refractivity contribution in [1.29, 1.82) is 0 Å². The maximum Gasteiger partial charge on any atom is 0.234 e. The Kier molecular flexibility index (Phi) is 5.78. The minimum absolute atomic E-state index is 0.0289. The zero-order valence-electron chi connectivity index (χ0n) is 12.0. The highest BCUT2D eigenvalue weighted by molar-refractivity contribution is 6.31. The maximum atomic E-state index is 11.8. The standard InChI is InChI=1S/C17H19ClN2O/c1-13(15-9-5-6-10-16(15)18)19-12-17(21)20-11-14-7-3-2-4-8-14/h2-10,13,19H,11-12H2,1H3,(H,20,21)/t13-/m1/s1. The fraction of sp³-hybridized carbons (Fsp3) is 0.235. The number of amides is 1. The second-order valence-electron chi connectivity index (χ2n) is 4.89. The van der Waals surface area contributed by atoms with Crippen molar-refractivity contribution >= 4 is 17.5 Å². The molecule has 1 atom stereocenters. The largest absolute Gasteiger partial charge is 0.351 e. The zero-order chi connectivity index (χ0) is 15.1. The molecular formula is C17H19ClN2O. The van der Waals surface area contributed by atoms with Gasteiger partial charge >= 0.3 is 0 Å². The van der Waals surface area contributed by atoms with Crippen LogP contribution in [0.15, 0.2) is 54.6 Å². The van der Waals surface area contributed by atoms with Crippen LogP contribution in [-0.2, 0) is 11.3 Å². The minimum Gasteiger partial charge on any atom is -0.351 e. The molecule has 2 aromatic carbocycles. The average Bonchev–Trinajstić information content (AvgIpc) is 2.52. The van der Waals surface area contributed by atoms with Crippen molar-refractivity contribution in [2.24, 2.45) is 0 Å². The van der Waals surface area contributed by atoms with E-state index in [9.17, 15) is 4.79 Å². The molecule has 0 saturated heterocycles. The molecule has 1 amide bonds. The number of carbonyl (C=O) groups excluding carboxylic acids is 1. The van der Waals surface area contributed by atoms with Crippen molar-refractivity contribution in [2.45, 2.75) is 19.5 Å². The van der Waals surface area contributed by atoms with Gasteiger partial charge in [0.25, 0.3) is 0 Å². The number of benzene rings is 2. The van der Waals surface area contributed by atoms with Crippen molar-refractivity contribution in [1.82, 2.24) is 10.6 Å². The van der Waals surface area contributed by atoms with Gasteiger partial charge in [-0.05, 0) is 24.1 Å². The van der Waals surface area contributed by atoms with Gasteiger partial charge in [-0.3, -0.25) is 4.79 Å². The number of rotatable bonds is 6. The van der Waals surface area contributed by atoms with E-state index in [4.69, 9.17) is 11.6 Å². The molecule has 4 heteroatoms. The van der Waals surface area contributed by atoms with E-state index in [0.29, 0.717) is 11.6 Å². The van der Waals surface area contributed by atoms with Gasteiger partial charge in [0.1, 0.15) is 0 Å². The van der Waals surface area contributed by atoms with Gasteiger partial charge in [0.15, 0.2) is 0 Å². The van der Waals surface area contributed by atoms with Gasteiger partial charge in [-0.2, -0.15) is 0 Å². The van der Waals surface area contributed by atoms with Crippen LogP contribution >= 0.6 is 11.6 Å². The summed E-state index contributed by atoms with van der Waals surface area (Å²) in [5.74, 6) is -0.0299. The maximum absolute atomic E-state index is 11.8. The second-order valence-corrected chi connectivity index (χ2v) is 5.29. The quantitative estimate of drug-likeness (QED) is 0.859. The SMILES string of the molecule is C[C@@H](NCC(=O)NCc1ccccc1)c1ccccc1Cl. The Bertz CT molecular complexity index is 586. The first kappa shape index (κ1) is 15.5. The summed E-state index contributed by atoms with van der Waals surface area (Å²) in [6.07, 6.45) is 0. The van der Waals surface area contributed by atoms with Gasteiger partial charge in [0.2, 0.25) is 5.91 Å². The molecule has 110 valence electrons. The van der Waals surface area contributed by atoms with E-state index in [1.165, 1.54) is 0 Å². The minimum atomic E-state index is -0.0299. The Morgan fingerprint density at radius 2 is 1.76 bits per heavy atom. The topological polar surface area (TPSA) is 41.1 Å². The Morgan fingerprint density at radius 1 is 1.10 bits per heavy atom. The van der Waals surface area contributed by atoms with E-state index in [-0.39, 0.29) is 18.5 Å². The van der Waals surface area contributed by atoms with Crippen LogP contribution in [0.1, 0.15) is 24.1 Å². The van der Waals surface area contributed by atoms with Crippen molar-refractivity contribution in [3.63, 3.8) is 0 Å². The molecule has 0 aliphatic heterocycles. The van der Waals surface area contributed by atoms with Gasteiger partial charge < -0.3 is 10.6 Å². The van der Waals surface area contributed by atoms with Gasteiger partial charge in [0.05, 0.1) is 6.54 Å². The lowest BCUT2D eigenvalue weighted by Crippen LogP contribution is -2.34. The summed E-state index contributed by atoms with van der Waals surface area (Å²) in [5.41, 5.74) is 2.08. The molecule has 2 rings (SSSR count). The van der Waals surface area contributed by atoms with Crippen LogP contribution < -0.4 is 10.6 Å². The lowest BCUT2D eigenvalue weighted by Gasteiger charge is -2.15. The average molecular weight is 303 g/mol. The number of carbonyl (C=O) groups is 1. The molecule has 0 fully saturated rings. The smallest absolute Gasteiger partial charge is 0.234 e. The van der Waals surface area contributed by atoms with Crippen molar-refractivity contribution in [3.05, 3.63) is 70.7 Å². The van der Waals surface area contributed by atoms with E-state index in [1.54, 1.807) is 0 Å². The monoisotopic (exact) mass is 302 g/mol. The van der Waals surface area contributed by atoms with Gasteiger partial charge in [-0.25, -0.2) is 0 Å². The number of halogens is 1. The Balaban J connectivity index is 1.77. The molecule has 0 aliphatic carbocycles. The highest BCUT2D eigenvalue weighted by Crippen LogP contribution is 2.21. The summed E-state index contributed by atoms with van der Waals surface area (Å²) < 4.78 is 0. The van der Waals surface area contributed by atoms with Crippen LogP contribution in [0.2, 0.25) is 5.02 Å². The number of nitrogens with one attached hydrogen (secondary N) is 2. The number of hydrogen-bond donors (Lipinski definition) is 2. The summed E-state index contributed by atoms with van der Waals surface area (Å²) >= 11 is 6.14. The predicted molar refractivity (Wildman–Crippen MR) is 86.2 cm³/mol. The first-order valence-electron chi connectivity index (χ1n) is 6.95. The molecule has 0 bridgehead atoms. The molecule has 0 saturated carbocycles. The first-order valence-corrected chi connectivity index (χ1v) is 7.33. The van der Waals surface area contributed by atoms with Gasteiger partial charge in [-0.1, -0.05) is 60.1 Å². The fourth-order valence-electron chi connectivity index (χ4n) is 2.04. The molecular weight excluding hydrogens is 284 g/mol. The van der Waals surface area contributed by atoms with Gasteiger partial charge in [-0.15, -0.1) is 0 Å². The Hall–Kier alpha value is -1.84. The summed E-state index contributed by atoms with van der Waals surface area (Å²) in [6.45, 7) is 2.80. The highest BCUT2D eigenvalue weighted by Gasteiger charge is 2.10. The summed E-state index contributed by atoms with van der Waals surface area (Å²) in [6, 6.07) is 17.5. The Labute approximate surface area is 130 Å². The molecule has 0 radical (unpaired) electrons. The number of hydrogen-bond acceptors (Lipinski definition) is 2. The highest BCUT2D eigenvalue weighted by atomic mass is 35.5. The lowest BCUT2D eigenvalue weighted by atomic mass is 10.1. The van der Waals surface area contributed by atoms with Crippen molar-refractivity contribution in [3.8, 4) is 0 Å². The molecule has 21 heavy (non-hydrogen) atoms. The normalized spacial score (nSPS) is 11.9. The molecule has 0 aliphatic rings. The Morgan fingerprint density at radius 3 is 2.48 bits per heavy atom. The molecule has 0 spiro atoms. The predicted octanol–water partition coefficient (Wildman–Crippen LogP) is 3.31. The van der Waals surface area contributed by atoms with Crippen molar-refractivity contribution < 1.29 is 4.79 Å². The summed E-state index contributed by atoms with van der Waals surface area (Å²) in [4.78, 5) is 11.8. The molecule has 2 aromatic rings. The summed E-state index contributed by atoms with van der Waals surface area (Å²) in [5, 5.41) is 6.78. The third-order valence-electron chi connectivity index (χ3n) is 3.27. The van der Waals surface area contributed by atoms with Crippen LogP contribution in [0.3, 0.4) is 0 Å². The molecule has 3 nitrogen and oxygen atoms in total. The van der Waals surface area contributed by atoms with Crippen LogP contribution in [0.25, 0.3) is 0 Å². The lowest BCUT2D eigenvalue weighted by molar-refractivity contribution is -0.120. The summed E-state index contributed by atoms with van der Waals surface area (Å²) in [7, 11) is 0. The van der Waals surface area contributed by atoms with Crippen LogP contribution in [-0.4, -0.2) is 12.5 Å². The third kappa shape index (κ3) is 4.88. The van der Waals surface area contributed by atoms with Crippen LogP contribution in [0.4, 0.5) is 0 Å². The van der Waals surface area contributed by atoms with Crippen molar-refractivity contribution in [2.75, 3.05) is 6.54 Å². The van der Waals surface area contributed by atoms with Gasteiger partial charge in [0, 0.05) is 17.6 Å². The molecule has 0 unspecified atom stereocenters. The molecule has 0 aromatic heterocycles. The first-order chi connectivity index (χ1) is 10.2. The molecule has 2 N–H and O–H groups in total. The van der Waals surface area contributed by atoms with E-state index in [1.807, 2.05) is 61.5 Å². The fourth-order valence-corrected chi connectivity index (χ4v) is 2.34. The zero-order valence-corrected chi connectivity index (χ0v) is 12.7. The van der Waals surface area contributed by atoms with Crippen LogP contribution in [0.5, 0.6) is 0 Å². The van der Waals surface area contributed by atoms with E-state index in [2.05, 4.69) is 10.6 Å². The van der Waals surface area contributed by atoms with E-state index < -0.39 is 0 Å². The third-order valence-corrected chi connectivity index (χ3v) is 3.62. The van der Waals surface area contributed by atoms with Crippen LogP contribution in [0, 0.1) is 0 Å². The second kappa shape index (κ2) is 7.81.